The van der Waals surface area contributed by atoms with Crippen molar-refractivity contribution >= 4 is 17.7 Å². The molecule has 0 bridgehead atoms. The normalized spacial score (nSPS) is 16.9. The smallest absolute Gasteiger partial charge is 0.421 e. The highest BCUT2D eigenvalue weighted by molar-refractivity contribution is 6.11. The van der Waals surface area contributed by atoms with Crippen LogP contribution in [0.2, 0.25) is 0 Å². The van der Waals surface area contributed by atoms with Gasteiger partial charge in [0.15, 0.2) is 12.4 Å². The van der Waals surface area contributed by atoms with Gasteiger partial charge in [-0.05, 0) is 25.8 Å². The predicted molar refractivity (Wildman–Crippen MR) is 156 cm³/mol. The fraction of sp³-hybridized carbons (Fsp3) is 0.781. The summed E-state index contributed by atoms with van der Waals surface area (Å²) in [7, 11) is 0. The molecule has 39 heavy (non-hydrogen) atoms. The number of unbranched alkanes of at least 4 members (excludes halogenated alkanes) is 13. The molecular weight excluding hydrogens is 492 g/mol. The summed E-state index contributed by atoms with van der Waals surface area (Å²) in [5.41, 5.74) is 0.499. The van der Waals surface area contributed by atoms with E-state index in [0.717, 1.165) is 30.9 Å². The minimum absolute atomic E-state index is 0.138. The summed E-state index contributed by atoms with van der Waals surface area (Å²) in [5, 5.41) is 0. The summed E-state index contributed by atoms with van der Waals surface area (Å²) in [6.45, 7) is 8.62. The molecule has 222 valence electrons. The molecule has 2 rings (SSSR count). The van der Waals surface area contributed by atoms with Crippen molar-refractivity contribution in [1.29, 1.82) is 0 Å². The van der Waals surface area contributed by atoms with Crippen LogP contribution in [-0.4, -0.2) is 44.5 Å². The summed E-state index contributed by atoms with van der Waals surface area (Å²) in [4.78, 5) is 25.9. The summed E-state index contributed by atoms with van der Waals surface area (Å²) < 4.78 is 19.1. The van der Waals surface area contributed by atoms with Gasteiger partial charge in [0.25, 0.3) is 0 Å². The molecule has 1 aliphatic heterocycles. The van der Waals surface area contributed by atoms with Crippen molar-refractivity contribution in [1.82, 2.24) is 0 Å². The largest absolute Gasteiger partial charge is 0.446 e. The van der Waals surface area contributed by atoms with Crippen molar-refractivity contribution in [2.24, 2.45) is 5.92 Å². The number of carbonyl (C=O) groups is 2. The molecule has 1 fully saturated rings. The maximum Gasteiger partial charge on any atom is 0.421 e. The van der Waals surface area contributed by atoms with Crippen molar-refractivity contribution in [3.63, 3.8) is 0 Å². The first kappa shape index (κ1) is 33.2. The summed E-state index contributed by atoms with van der Waals surface area (Å²) in [5.74, 6) is -0.0575. The molecule has 0 unspecified atom stereocenters. The molecule has 7 nitrogen and oxygen atoms in total. The Morgan fingerprint density at radius 2 is 1.54 bits per heavy atom. The second-order valence-corrected chi connectivity index (χ2v) is 11.1. The predicted octanol–water partition coefficient (Wildman–Crippen LogP) is 7.39. The Kier molecular flexibility index (Phi) is 17.8. The Morgan fingerprint density at radius 3 is 2.13 bits per heavy atom. The van der Waals surface area contributed by atoms with Crippen LogP contribution in [-0.2, 0) is 25.5 Å². The minimum Gasteiger partial charge on any atom is -0.446 e. The van der Waals surface area contributed by atoms with Gasteiger partial charge in [0.1, 0.15) is 18.8 Å². The number of nitrogens with zero attached hydrogens (tertiary/aromatic N) is 2. The van der Waals surface area contributed by atoms with Crippen molar-refractivity contribution in [2.75, 3.05) is 31.3 Å². The first-order valence-corrected chi connectivity index (χ1v) is 15.7. The Hall–Kier alpha value is -1.99. The zero-order valence-corrected chi connectivity index (χ0v) is 25.0. The Morgan fingerprint density at radius 1 is 0.923 bits per heavy atom. The van der Waals surface area contributed by atoms with Crippen molar-refractivity contribution in [3.8, 4) is 0 Å². The molecule has 0 saturated carbocycles. The minimum atomic E-state index is -0.669. The van der Waals surface area contributed by atoms with E-state index in [9.17, 15) is 9.59 Å². The number of aryl methyl sites for hydroxylation is 1. The van der Waals surface area contributed by atoms with E-state index < -0.39 is 6.09 Å². The third-order valence-corrected chi connectivity index (χ3v) is 7.52. The highest BCUT2D eigenvalue weighted by atomic mass is 16.6. The van der Waals surface area contributed by atoms with E-state index in [0.29, 0.717) is 24.8 Å². The third-order valence-electron chi connectivity index (χ3n) is 7.52. The van der Waals surface area contributed by atoms with E-state index in [1.807, 2.05) is 23.8 Å². The van der Waals surface area contributed by atoms with Crippen molar-refractivity contribution in [3.05, 3.63) is 24.5 Å². The second-order valence-electron chi connectivity index (χ2n) is 11.1. The van der Waals surface area contributed by atoms with Gasteiger partial charge in [0.05, 0.1) is 19.3 Å². The number of rotatable bonds is 21. The van der Waals surface area contributed by atoms with E-state index >= 15 is 0 Å². The van der Waals surface area contributed by atoms with Gasteiger partial charge >= 0.3 is 6.09 Å². The number of hydrogen-bond acceptors (Lipinski definition) is 5. The molecule has 0 aromatic carbocycles. The van der Waals surface area contributed by atoms with Gasteiger partial charge < -0.3 is 14.2 Å². The average molecular weight is 548 g/mol. The number of amides is 2. The topological polar surface area (TPSA) is 69.0 Å². The molecule has 1 aliphatic rings. The Bertz CT molecular complexity index is 803. The maximum atomic E-state index is 12.7. The zero-order chi connectivity index (χ0) is 28.1. The lowest BCUT2D eigenvalue weighted by atomic mass is 10.0. The third kappa shape index (κ3) is 14.3. The monoisotopic (exact) mass is 547 g/mol. The molecule has 0 aliphatic carbocycles. The Labute approximate surface area is 237 Å². The summed E-state index contributed by atoms with van der Waals surface area (Å²) >= 11 is 0. The first-order valence-electron chi connectivity index (χ1n) is 15.7. The number of aromatic nitrogens is 1. The van der Waals surface area contributed by atoms with Gasteiger partial charge in [0, 0.05) is 25.5 Å². The molecule has 1 aromatic rings. The quantitative estimate of drug-likeness (QED) is 0.119. The fourth-order valence-corrected chi connectivity index (χ4v) is 5.14. The van der Waals surface area contributed by atoms with E-state index in [2.05, 4.69) is 6.92 Å². The van der Waals surface area contributed by atoms with Gasteiger partial charge in [-0.15, -0.1) is 0 Å². The molecule has 2 amide bonds. The number of imide groups is 1. The lowest BCUT2D eigenvalue weighted by molar-refractivity contribution is -0.693. The average Bonchev–Trinajstić information content (AvgIpc) is 3.39. The van der Waals surface area contributed by atoms with Crippen LogP contribution in [0.25, 0.3) is 0 Å². The Balaban J connectivity index is 1.46. The van der Waals surface area contributed by atoms with E-state index in [1.54, 1.807) is 12.3 Å². The summed E-state index contributed by atoms with van der Waals surface area (Å²) in [6, 6.07) is 3.54. The van der Waals surface area contributed by atoms with Crippen LogP contribution in [0.15, 0.2) is 24.5 Å². The molecule has 1 saturated heterocycles. The lowest BCUT2D eigenvalue weighted by Crippen LogP contribution is -2.40. The summed E-state index contributed by atoms with van der Waals surface area (Å²) in [6.07, 6.45) is 22.6. The SMILES string of the molecule is CCCCCCCCCCCCCCCCOC[C@H]1CO[C@H](COC(=O)N(C(C)=O)c2ccc[n+](CC)c2)C1. The van der Waals surface area contributed by atoms with Gasteiger partial charge in [-0.2, -0.15) is 0 Å². The van der Waals surface area contributed by atoms with Crippen LogP contribution in [0.5, 0.6) is 0 Å². The molecule has 7 heteroatoms. The molecular formula is C32H55N2O5+. The number of anilines is 1. The first-order chi connectivity index (χ1) is 19.0. The molecule has 0 radical (unpaired) electrons. The fourth-order valence-electron chi connectivity index (χ4n) is 5.14. The van der Waals surface area contributed by atoms with Gasteiger partial charge in [0.2, 0.25) is 5.91 Å². The van der Waals surface area contributed by atoms with Crippen molar-refractivity contribution < 1.29 is 28.4 Å². The van der Waals surface area contributed by atoms with Crippen LogP contribution in [0, 0.1) is 5.92 Å². The number of carbonyl (C=O) groups excluding carboxylic acids is 2. The molecule has 0 spiro atoms. The van der Waals surface area contributed by atoms with Gasteiger partial charge in [-0.25, -0.2) is 14.3 Å². The van der Waals surface area contributed by atoms with Gasteiger partial charge in [-0.3, -0.25) is 4.79 Å². The van der Waals surface area contributed by atoms with E-state index in [-0.39, 0.29) is 18.6 Å². The zero-order valence-electron chi connectivity index (χ0n) is 25.0. The van der Waals surface area contributed by atoms with Crippen LogP contribution in [0.1, 0.15) is 117 Å². The molecule has 1 aromatic heterocycles. The van der Waals surface area contributed by atoms with Crippen LogP contribution in [0.3, 0.4) is 0 Å². The second kappa shape index (κ2) is 20.8. The number of pyridine rings is 1. The molecule has 0 N–H and O–H groups in total. The highest BCUT2D eigenvalue weighted by Gasteiger charge is 2.29. The lowest BCUT2D eigenvalue weighted by Gasteiger charge is -2.19. The van der Waals surface area contributed by atoms with Gasteiger partial charge in [-0.1, -0.05) is 90.4 Å². The van der Waals surface area contributed by atoms with Crippen LogP contribution < -0.4 is 9.47 Å². The van der Waals surface area contributed by atoms with E-state index in [1.165, 1.54) is 90.4 Å². The maximum absolute atomic E-state index is 12.7. The highest BCUT2D eigenvalue weighted by Crippen LogP contribution is 2.21. The number of hydrogen-bond donors (Lipinski definition) is 0. The number of ether oxygens (including phenoxy) is 3. The van der Waals surface area contributed by atoms with Crippen LogP contribution in [0.4, 0.5) is 10.5 Å². The molecule has 2 heterocycles. The van der Waals surface area contributed by atoms with E-state index in [4.69, 9.17) is 14.2 Å². The standard InChI is InChI=1S/C32H55N2O5/c1-4-6-7-8-9-10-11-12-13-14-15-16-17-18-22-37-25-29-23-31(38-26-29)27-39-32(36)34(28(3)35)30-20-19-21-33(5-2)24-30/h19-21,24,29,31H,4-18,22-23,25-27H2,1-3H3/q+1/t29-,31-/m0/s1. The van der Waals surface area contributed by atoms with Crippen LogP contribution >= 0.6 is 0 Å². The van der Waals surface area contributed by atoms with Crippen molar-refractivity contribution in [2.45, 2.75) is 130 Å². The molecule has 2 atom stereocenters.